The molecule has 1 nitrogen and oxygen atoms in total. The van der Waals surface area contributed by atoms with Crippen LogP contribution in [0.3, 0.4) is 0 Å². The summed E-state index contributed by atoms with van der Waals surface area (Å²) in [5.74, 6) is -0.410. The predicted octanol–water partition coefficient (Wildman–Crippen LogP) is 2.26. The van der Waals surface area contributed by atoms with Crippen molar-refractivity contribution < 1.29 is 22.0 Å². The Bertz CT molecular complexity index is 127. The van der Waals surface area contributed by atoms with Crippen molar-refractivity contribution in [1.29, 1.82) is 0 Å². The van der Waals surface area contributed by atoms with Crippen LogP contribution in [0.5, 0.6) is 0 Å². The Balaban J connectivity index is 0. The van der Waals surface area contributed by atoms with Gasteiger partial charge < -0.3 is 5.73 Å². The fourth-order valence-corrected chi connectivity index (χ4v) is 0.807. The maximum absolute atomic E-state index is 11.9. The van der Waals surface area contributed by atoms with Gasteiger partial charge in [-0.3, -0.25) is 0 Å². The van der Waals surface area contributed by atoms with E-state index in [0.717, 1.165) is 0 Å². The second-order valence-electron chi connectivity index (χ2n) is 1.65. The molecule has 0 aliphatic rings. The maximum Gasteiger partial charge on any atom is 0.464 e. The lowest BCUT2D eigenvalue weighted by Crippen LogP contribution is -2.33. The number of hydrogen-bond donors (Lipinski definition) is 1. The van der Waals surface area contributed by atoms with Crippen LogP contribution in [0.4, 0.5) is 22.0 Å². The van der Waals surface area contributed by atoms with Gasteiger partial charge in [-0.1, -0.05) is 11.8 Å². The molecule has 0 saturated carbocycles. The smallest absolute Gasteiger partial charge is 0.330 e. The van der Waals surface area contributed by atoms with E-state index in [1.54, 1.807) is 0 Å². The van der Waals surface area contributed by atoms with Crippen LogP contribution in [0.15, 0.2) is 0 Å². The number of rotatable bonds is 3. The zero-order valence-corrected chi connectivity index (χ0v) is 7.33. The van der Waals surface area contributed by atoms with Crippen molar-refractivity contribution in [1.82, 2.24) is 0 Å². The first-order valence-electron chi connectivity index (χ1n) is 2.60. The van der Waals surface area contributed by atoms with Crippen LogP contribution in [0, 0.1) is 0 Å². The molecule has 2 N–H and O–H groups in total. The molecule has 0 saturated heterocycles. The number of halogens is 6. The van der Waals surface area contributed by atoms with Crippen LogP contribution < -0.4 is 5.73 Å². The third-order valence-electron chi connectivity index (χ3n) is 0.731. The monoisotopic (exact) mass is 231 g/mol. The van der Waals surface area contributed by atoms with E-state index in [-0.39, 0.29) is 19.0 Å². The summed E-state index contributed by atoms with van der Waals surface area (Å²) < 4.78 is 57.8. The summed E-state index contributed by atoms with van der Waals surface area (Å²) >= 11 is -0.498. The van der Waals surface area contributed by atoms with Crippen LogP contribution in [0.1, 0.15) is 0 Å². The number of thioether (sulfide) groups is 1. The van der Waals surface area contributed by atoms with Crippen molar-refractivity contribution >= 4 is 24.2 Å². The van der Waals surface area contributed by atoms with Gasteiger partial charge >= 0.3 is 11.4 Å². The van der Waals surface area contributed by atoms with Gasteiger partial charge in [0.15, 0.2) is 0 Å². The van der Waals surface area contributed by atoms with Crippen molar-refractivity contribution in [2.75, 3.05) is 12.3 Å². The Morgan fingerprint density at radius 3 is 1.75 bits per heavy atom. The zero-order chi connectivity index (χ0) is 9.12. The van der Waals surface area contributed by atoms with Gasteiger partial charge in [-0.25, -0.2) is 0 Å². The highest BCUT2D eigenvalue weighted by molar-refractivity contribution is 8.00. The average molecular weight is 232 g/mol. The summed E-state index contributed by atoms with van der Waals surface area (Å²) in [6.45, 7) is -0.198. The van der Waals surface area contributed by atoms with Crippen LogP contribution in [0.2, 0.25) is 0 Å². The van der Waals surface area contributed by atoms with Gasteiger partial charge in [0.25, 0.3) is 0 Å². The second kappa shape index (κ2) is 5.08. The number of alkyl halides is 5. The topological polar surface area (TPSA) is 26.0 Å². The molecule has 0 radical (unpaired) electrons. The first kappa shape index (κ1) is 14.8. The molecule has 0 aromatic carbocycles. The first-order chi connectivity index (χ1) is 4.81. The maximum atomic E-state index is 11.9. The van der Waals surface area contributed by atoms with Crippen molar-refractivity contribution in [2.24, 2.45) is 5.73 Å². The van der Waals surface area contributed by atoms with Crippen LogP contribution in [-0.2, 0) is 0 Å². The van der Waals surface area contributed by atoms with Crippen LogP contribution in [-0.4, -0.2) is 23.7 Å². The standard InChI is InChI=1S/C4H6F5NS.ClH/c5-3(6,7)4(8,9)11-2-1-10;/h1-2,10H2;1H. The van der Waals surface area contributed by atoms with E-state index in [0.29, 0.717) is 0 Å². The molecule has 0 aromatic rings. The Kier molecular flexibility index (Phi) is 6.25. The van der Waals surface area contributed by atoms with Gasteiger partial charge in [-0.2, -0.15) is 22.0 Å². The molecular formula is C4H7ClF5NS. The highest BCUT2D eigenvalue weighted by Crippen LogP contribution is 2.43. The van der Waals surface area contributed by atoms with E-state index >= 15 is 0 Å². The molecule has 0 heterocycles. The zero-order valence-electron chi connectivity index (χ0n) is 5.70. The Morgan fingerprint density at radius 2 is 1.50 bits per heavy atom. The van der Waals surface area contributed by atoms with Gasteiger partial charge in [-0.05, 0) is 0 Å². The molecule has 0 rings (SSSR count). The molecule has 0 spiro atoms. The average Bonchev–Trinajstić information content (AvgIpc) is 1.81. The Hall–Kier alpha value is 0.250. The molecular weight excluding hydrogens is 225 g/mol. The summed E-state index contributed by atoms with van der Waals surface area (Å²) in [5, 5.41) is -4.67. The molecule has 0 aliphatic heterocycles. The molecule has 12 heavy (non-hydrogen) atoms. The molecule has 0 fully saturated rings. The number of nitrogens with two attached hydrogens (primary N) is 1. The van der Waals surface area contributed by atoms with E-state index in [1.807, 2.05) is 0 Å². The van der Waals surface area contributed by atoms with E-state index in [1.165, 1.54) is 0 Å². The lowest BCUT2D eigenvalue weighted by Gasteiger charge is -2.17. The SMILES string of the molecule is Cl.NCCSC(F)(F)C(F)(F)F. The minimum atomic E-state index is -5.48. The van der Waals surface area contributed by atoms with Gasteiger partial charge in [0.2, 0.25) is 0 Å². The lowest BCUT2D eigenvalue weighted by molar-refractivity contribution is -0.237. The van der Waals surface area contributed by atoms with Crippen molar-refractivity contribution in [3.8, 4) is 0 Å². The number of hydrogen-bond acceptors (Lipinski definition) is 2. The molecule has 8 heteroatoms. The summed E-state index contributed by atoms with van der Waals surface area (Å²) in [7, 11) is 0. The van der Waals surface area contributed by atoms with Gasteiger partial charge in [-0.15, -0.1) is 12.4 Å². The molecule has 76 valence electrons. The largest absolute Gasteiger partial charge is 0.464 e. The Labute approximate surface area is 76.3 Å². The highest BCUT2D eigenvalue weighted by atomic mass is 35.5. The van der Waals surface area contributed by atoms with E-state index in [2.05, 4.69) is 0 Å². The predicted molar refractivity (Wildman–Crippen MR) is 39.8 cm³/mol. The van der Waals surface area contributed by atoms with Crippen LogP contribution in [0.25, 0.3) is 0 Å². The fourth-order valence-electron chi connectivity index (χ4n) is 0.269. The third kappa shape index (κ3) is 4.32. The fraction of sp³-hybridized carbons (Fsp3) is 1.00. The first-order valence-corrected chi connectivity index (χ1v) is 3.58. The minimum absolute atomic E-state index is 0. The van der Waals surface area contributed by atoms with Gasteiger partial charge in [0.05, 0.1) is 0 Å². The molecule has 0 bridgehead atoms. The third-order valence-corrected chi connectivity index (χ3v) is 1.77. The molecule has 0 aromatic heterocycles. The van der Waals surface area contributed by atoms with Gasteiger partial charge in [0.1, 0.15) is 0 Å². The second-order valence-corrected chi connectivity index (χ2v) is 2.86. The highest BCUT2D eigenvalue weighted by Gasteiger charge is 2.57. The molecule has 0 unspecified atom stereocenters. The lowest BCUT2D eigenvalue weighted by atomic mass is 10.7. The van der Waals surface area contributed by atoms with E-state index in [4.69, 9.17) is 5.73 Å². The van der Waals surface area contributed by atoms with Crippen molar-refractivity contribution in [3.05, 3.63) is 0 Å². The summed E-state index contributed by atoms with van der Waals surface area (Å²) in [4.78, 5) is 0. The summed E-state index contributed by atoms with van der Waals surface area (Å²) in [5.41, 5.74) is 4.76. The van der Waals surface area contributed by atoms with Crippen LogP contribution >= 0.6 is 24.2 Å². The summed E-state index contributed by atoms with van der Waals surface area (Å²) in [6.07, 6.45) is -5.48. The molecule has 0 aliphatic carbocycles. The normalized spacial score (nSPS) is 12.5. The van der Waals surface area contributed by atoms with E-state index in [9.17, 15) is 22.0 Å². The summed E-state index contributed by atoms with van der Waals surface area (Å²) in [6, 6.07) is 0. The molecule has 0 atom stereocenters. The molecule has 0 amide bonds. The quantitative estimate of drug-likeness (QED) is 0.754. The minimum Gasteiger partial charge on any atom is -0.330 e. The Morgan fingerprint density at radius 1 is 1.08 bits per heavy atom. The van der Waals surface area contributed by atoms with Crippen molar-refractivity contribution in [3.63, 3.8) is 0 Å². The van der Waals surface area contributed by atoms with E-state index < -0.39 is 28.9 Å². The van der Waals surface area contributed by atoms with Crippen molar-refractivity contribution in [2.45, 2.75) is 11.4 Å². The van der Waals surface area contributed by atoms with Gasteiger partial charge in [0, 0.05) is 12.3 Å².